The van der Waals surface area contributed by atoms with Gasteiger partial charge in [-0.05, 0) is 30.7 Å². The third kappa shape index (κ3) is 4.26. The van der Waals surface area contributed by atoms with Crippen LogP contribution in [0.3, 0.4) is 0 Å². The van der Waals surface area contributed by atoms with Crippen molar-refractivity contribution < 1.29 is 21.9 Å². The van der Waals surface area contributed by atoms with Crippen LogP contribution in [0.15, 0.2) is 23.1 Å². The molecule has 1 aliphatic rings. The minimum absolute atomic E-state index is 0. The van der Waals surface area contributed by atoms with Crippen LogP contribution in [-0.4, -0.2) is 33.5 Å². The van der Waals surface area contributed by atoms with Crippen molar-refractivity contribution in [2.75, 3.05) is 13.1 Å². The smallest absolute Gasteiger partial charge is 0.273 e. The lowest BCUT2D eigenvalue weighted by molar-refractivity contribution is 0.0170. The van der Waals surface area contributed by atoms with Gasteiger partial charge in [0.1, 0.15) is 11.9 Å². The molecule has 5 nitrogen and oxygen atoms in total. The maximum absolute atomic E-state index is 13.0. The van der Waals surface area contributed by atoms with Crippen molar-refractivity contribution in [3.8, 4) is 5.75 Å². The number of alkyl halides is 2. The molecule has 1 unspecified atom stereocenters. The Morgan fingerprint density at radius 3 is 2.76 bits per heavy atom. The Hall–Kier alpha value is -0.960. The molecule has 1 heterocycles. The van der Waals surface area contributed by atoms with Gasteiger partial charge in [-0.2, -0.15) is 0 Å². The van der Waals surface area contributed by atoms with Gasteiger partial charge in [-0.25, -0.2) is 21.9 Å². The van der Waals surface area contributed by atoms with Crippen LogP contribution < -0.4 is 15.2 Å². The number of halogens is 3. The van der Waals surface area contributed by atoms with Gasteiger partial charge in [0.25, 0.3) is 5.92 Å². The molecule has 21 heavy (non-hydrogen) atoms. The van der Waals surface area contributed by atoms with E-state index in [0.29, 0.717) is 12.2 Å². The molecule has 1 aromatic carbocycles. The Kier molecular flexibility index (Phi) is 5.54. The van der Waals surface area contributed by atoms with Crippen LogP contribution in [0.5, 0.6) is 5.75 Å². The van der Waals surface area contributed by atoms with Crippen LogP contribution >= 0.6 is 12.4 Å². The minimum atomic E-state index is -3.98. The third-order valence-corrected chi connectivity index (χ3v) is 4.40. The molecule has 0 spiro atoms. The lowest BCUT2D eigenvalue weighted by Gasteiger charge is -2.15. The minimum Gasteiger partial charge on any atom is -0.490 e. The summed E-state index contributed by atoms with van der Waals surface area (Å²) < 4.78 is 57.2. The fraction of sp³-hybridized carbons (Fsp3) is 0.500. The van der Waals surface area contributed by atoms with E-state index in [1.54, 1.807) is 0 Å². The summed E-state index contributed by atoms with van der Waals surface area (Å²) in [5.74, 6) is -2.63. The van der Waals surface area contributed by atoms with E-state index in [0.717, 1.165) is 5.56 Å². The number of fused-ring (bicyclic) bond motifs is 1. The molecule has 0 aromatic heterocycles. The zero-order valence-corrected chi connectivity index (χ0v) is 12.9. The summed E-state index contributed by atoms with van der Waals surface area (Å²) in [6, 6.07) is 4.32. The summed E-state index contributed by atoms with van der Waals surface area (Å²) in [7, 11) is -3.98. The third-order valence-electron chi connectivity index (χ3n) is 3.00. The number of ether oxygens (including phenoxy) is 1. The standard InChI is InChI=1S/C12H16F2N2O3S.ClH/c1-8-4-9-5-10(2-3-11(9)19-8)20(17,18)16-7-12(13,14)6-15;/h2-3,5,8,16H,4,6-7,15H2,1H3;1H. The topological polar surface area (TPSA) is 81.4 Å². The molecule has 0 fully saturated rings. The average Bonchev–Trinajstić information content (AvgIpc) is 2.76. The first-order valence-electron chi connectivity index (χ1n) is 6.11. The summed E-state index contributed by atoms with van der Waals surface area (Å²) >= 11 is 0. The van der Waals surface area contributed by atoms with E-state index >= 15 is 0 Å². The van der Waals surface area contributed by atoms with Gasteiger partial charge in [0.05, 0.1) is 18.0 Å². The predicted molar refractivity (Wildman–Crippen MR) is 76.7 cm³/mol. The van der Waals surface area contributed by atoms with Crippen molar-refractivity contribution in [1.29, 1.82) is 0 Å². The van der Waals surface area contributed by atoms with Gasteiger partial charge in [-0.15, -0.1) is 12.4 Å². The molecule has 0 bridgehead atoms. The van der Waals surface area contributed by atoms with Crippen LogP contribution in [0.25, 0.3) is 0 Å². The first kappa shape index (κ1) is 18.1. The lowest BCUT2D eigenvalue weighted by Crippen LogP contribution is -2.41. The largest absolute Gasteiger partial charge is 0.490 e. The van der Waals surface area contributed by atoms with E-state index < -0.39 is 29.0 Å². The van der Waals surface area contributed by atoms with E-state index in [4.69, 9.17) is 10.5 Å². The Labute approximate surface area is 128 Å². The molecule has 3 N–H and O–H groups in total. The first-order chi connectivity index (χ1) is 9.23. The second-order valence-corrected chi connectivity index (χ2v) is 6.55. The molecular formula is C12H17ClF2N2O3S. The highest BCUT2D eigenvalue weighted by atomic mass is 35.5. The van der Waals surface area contributed by atoms with Gasteiger partial charge in [0.2, 0.25) is 10.0 Å². The number of benzene rings is 1. The second kappa shape index (κ2) is 6.43. The highest BCUT2D eigenvalue weighted by Crippen LogP contribution is 2.30. The monoisotopic (exact) mass is 342 g/mol. The number of rotatable bonds is 5. The normalized spacial score (nSPS) is 17.8. The number of hydrogen-bond acceptors (Lipinski definition) is 4. The Morgan fingerprint density at radius 1 is 1.48 bits per heavy atom. The highest BCUT2D eigenvalue weighted by Gasteiger charge is 2.30. The van der Waals surface area contributed by atoms with Crippen molar-refractivity contribution in [2.45, 2.75) is 30.3 Å². The number of nitrogens with one attached hydrogen (secondary N) is 1. The zero-order valence-electron chi connectivity index (χ0n) is 11.3. The Balaban J connectivity index is 0.00000220. The molecule has 0 aliphatic carbocycles. The molecule has 0 radical (unpaired) electrons. The maximum Gasteiger partial charge on any atom is 0.273 e. The Morgan fingerprint density at radius 2 is 2.14 bits per heavy atom. The summed E-state index contributed by atoms with van der Waals surface area (Å²) in [4.78, 5) is -0.0539. The molecular weight excluding hydrogens is 326 g/mol. The summed E-state index contributed by atoms with van der Waals surface area (Å²) in [5, 5.41) is 0. The van der Waals surface area contributed by atoms with Gasteiger partial charge >= 0.3 is 0 Å². The van der Waals surface area contributed by atoms with Crippen molar-refractivity contribution in [2.24, 2.45) is 5.73 Å². The second-order valence-electron chi connectivity index (χ2n) is 4.79. The van der Waals surface area contributed by atoms with E-state index in [9.17, 15) is 17.2 Å². The molecule has 0 saturated carbocycles. The SMILES string of the molecule is CC1Cc2cc(S(=O)(=O)NCC(F)(F)CN)ccc2O1.Cl. The molecule has 1 atom stereocenters. The van der Waals surface area contributed by atoms with Crippen LogP contribution in [0.4, 0.5) is 8.78 Å². The van der Waals surface area contributed by atoms with Crippen molar-refractivity contribution >= 4 is 22.4 Å². The first-order valence-corrected chi connectivity index (χ1v) is 7.59. The van der Waals surface area contributed by atoms with Crippen LogP contribution in [-0.2, 0) is 16.4 Å². The molecule has 1 aromatic rings. The number of hydrogen-bond donors (Lipinski definition) is 2. The van der Waals surface area contributed by atoms with Crippen LogP contribution in [0.1, 0.15) is 12.5 Å². The molecule has 2 rings (SSSR count). The van der Waals surface area contributed by atoms with E-state index in [1.807, 2.05) is 11.6 Å². The van der Waals surface area contributed by atoms with Gasteiger partial charge in [-0.1, -0.05) is 0 Å². The Bertz CT molecular complexity index is 611. The molecule has 9 heteroatoms. The molecule has 120 valence electrons. The number of nitrogens with two attached hydrogens (primary N) is 1. The van der Waals surface area contributed by atoms with Crippen molar-refractivity contribution in [1.82, 2.24) is 4.72 Å². The maximum atomic E-state index is 13.0. The van der Waals surface area contributed by atoms with Gasteiger partial charge < -0.3 is 10.5 Å². The van der Waals surface area contributed by atoms with Gasteiger partial charge in [0.15, 0.2) is 0 Å². The average molecular weight is 343 g/mol. The van der Waals surface area contributed by atoms with E-state index in [1.165, 1.54) is 18.2 Å². The highest BCUT2D eigenvalue weighted by molar-refractivity contribution is 7.89. The summed E-state index contributed by atoms with van der Waals surface area (Å²) in [6.07, 6.45) is 0.579. The van der Waals surface area contributed by atoms with Gasteiger partial charge in [0, 0.05) is 6.42 Å². The number of sulfonamides is 1. The van der Waals surface area contributed by atoms with Crippen molar-refractivity contribution in [3.63, 3.8) is 0 Å². The van der Waals surface area contributed by atoms with Crippen molar-refractivity contribution in [3.05, 3.63) is 23.8 Å². The summed E-state index contributed by atoms with van der Waals surface area (Å²) in [5.41, 5.74) is 5.62. The predicted octanol–water partition coefficient (Wildman–Crippen LogP) is 1.30. The quantitative estimate of drug-likeness (QED) is 0.845. The fourth-order valence-corrected chi connectivity index (χ4v) is 3.03. The lowest BCUT2D eigenvalue weighted by atomic mass is 10.1. The fourth-order valence-electron chi connectivity index (χ4n) is 1.92. The van der Waals surface area contributed by atoms with E-state index in [-0.39, 0.29) is 23.4 Å². The molecule has 0 saturated heterocycles. The zero-order chi connectivity index (χ0) is 15.0. The molecule has 0 amide bonds. The van der Waals surface area contributed by atoms with Gasteiger partial charge in [-0.3, -0.25) is 0 Å². The summed E-state index contributed by atoms with van der Waals surface area (Å²) in [6.45, 7) is -0.0604. The van der Waals surface area contributed by atoms with Crippen LogP contribution in [0, 0.1) is 0 Å². The van der Waals surface area contributed by atoms with Crippen LogP contribution in [0.2, 0.25) is 0 Å². The van der Waals surface area contributed by atoms with E-state index in [2.05, 4.69) is 0 Å². The molecule has 1 aliphatic heterocycles.